The van der Waals surface area contributed by atoms with Crippen molar-refractivity contribution in [1.82, 2.24) is 15.1 Å². The van der Waals surface area contributed by atoms with Crippen molar-refractivity contribution in [2.24, 2.45) is 0 Å². The van der Waals surface area contributed by atoms with Crippen LogP contribution in [-0.2, 0) is 13.1 Å². The molecule has 0 aliphatic rings. The molecule has 0 aliphatic carbocycles. The van der Waals surface area contributed by atoms with Crippen molar-refractivity contribution in [1.29, 1.82) is 0 Å². The quantitative estimate of drug-likeness (QED) is 0.923. The summed E-state index contributed by atoms with van der Waals surface area (Å²) in [6.07, 6.45) is 0. The maximum Gasteiger partial charge on any atom is 0.271 e. The molecule has 0 atom stereocenters. The number of aromatic nitrogens is 2. The largest absolute Gasteiger partial charge is 0.310 e. The monoisotopic (exact) mass is 299 g/mol. The minimum absolute atomic E-state index is 0.00953. The molecule has 0 unspecified atom stereocenters. The van der Waals surface area contributed by atoms with Crippen molar-refractivity contribution in [2.75, 3.05) is 0 Å². The Labute approximate surface area is 132 Å². The van der Waals surface area contributed by atoms with E-state index in [4.69, 9.17) is 0 Å². The fraction of sp³-hybridized carbons (Fsp3) is 0.444. The third kappa shape index (κ3) is 3.63. The normalized spacial score (nSPS) is 11.2. The van der Waals surface area contributed by atoms with E-state index >= 15 is 0 Å². The lowest BCUT2D eigenvalue weighted by Gasteiger charge is -2.13. The number of hydrogen-bond acceptors (Lipinski definition) is 3. The van der Waals surface area contributed by atoms with E-state index in [1.807, 2.05) is 13.0 Å². The van der Waals surface area contributed by atoms with E-state index in [1.54, 1.807) is 4.68 Å². The summed E-state index contributed by atoms with van der Waals surface area (Å²) >= 11 is 0. The van der Waals surface area contributed by atoms with Crippen LogP contribution in [0, 0.1) is 13.8 Å². The highest BCUT2D eigenvalue weighted by molar-refractivity contribution is 5.64. The molecule has 2 rings (SSSR count). The van der Waals surface area contributed by atoms with Crippen LogP contribution in [0.2, 0.25) is 0 Å². The second-order valence-corrected chi connectivity index (χ2v) is 6.03. The maximum absolute atomic E-state index is 12.4. The average molecular weight is 299 g/mol. The summed E-state index contributed by atoms with van der Waals surface area (Å²) in [4.78, 5) is 12.4. The van der Waals surface area contributed by atoms with Crippen molar-refractivity contribution in [3.8, 4) is 11.3 Å². The van der Waals surface area contributed by atoms with Gasteiger partial charge in [-0.25, -0.2) is 4.68 Å². The van der Waals surface area contributed by atoms with Gasteiger partial charge in [0.15, 0.2) is 0 Å². The SMILES string of the molecule is CCn1nc(-c2cc(C)ccc2C)cc(CNC(C)C)c1=O. The van der Waals surface area contributed by atoms with Gasteiger partial charge in [-0.05, 0) is 38.5 Å². The Morgan fingerprint density at radius 1 is 1.23 bits per heavy atom. The van der Waals surface area contributed by atoms with E-state index in [0.717, 1.165) is 16.8 Å². The maximum atomic E-state index is 12.4. The van der Waals surface area contributed by atoms with Crippen LogP contribution in [0.15, 0.2) is 29.1 Å². The molecule has 0 amide bonds. The van der Waals surface area contributed by atoms with Gasteiger partial charge in [-0.3, -0.25) is 4.79 Å². The minimum Gasteiger partial charge on any atom is -0.310 e. The Bertz CT molecular complexity index is 717. The summed E-state index contributed by atoms with van der Waals surface area (Å²) < 4.78 is 1.55. The summed E-state index contributed by atoms with van der Waals surface area (Å²) in [6, 6.07) is 8.58. The van der Waals surface area contributed by atoms with Crippen LogP contribution >= 0.6 is 0 Å². The Balaban J connectivity index is 2.54. The summed E-state index contributed by atoms with van der Waals surface area (Å²) in [7, 11) is 0. The molecule has 2 aromatic rings. The van der Waals surface area contributed by atoms with Crippen molar-refractivity contribution in [3.05, 3.63) is 51.3 Å². The molecule has 0 bridgehead atoms. The molecule has 4 nitrogen and oxygen atoms in total. The molecule has 118 valence electrons. The van der Waals surface area contributed by atoms with E-state index in [9.17, 15) is 4.79 Å². The Kier molecular flexibility index (Phi) is 5.14. The molecular formula is C18H25N3O. The predicted octanol–water partition coefficient (Wildman–Crippen LogP) is 3.05. The predicted molar refractivity (Wildman–Crippen MR) is 91.1 cm³/mol. The first kappa shape index (κ1) is 16.4. The first-order valence-corrected chi connectivity index (χ1v) is 7.84. The van der Waals surface area contributed by atoms with Gasteiger partial charge in [0.1, 0.15) is 0 Å². The van der Waals surface area contributed by atoms with Gasteiger partial charge in [0.25, 0.3) is 5.56 Å². The van der Waals surface area contributed by atoms with Crippen molar-refractivity contribution in [2.45, 2.75) is 53.8 Å². The summed E-state index contributed by atoms with van der Waals surface area (Å²) in [5.74, 6) is 0. The molecule has 22 heavy (non-hydrogen) atoms. The molecule has 1 aromatic carbocycles. The molecule has 1 N–H and O–H groups in total. The van der Waals surface area contributed by atoms with Crippen molar-refractivity contribution in [3.63, 3.8) is 0 Å². The van der Waals surface area contributed by atoms with Gasteiger partial charge in [-0.15, -0.1) is 0 Å². The highest BCUT2D eigenvalue weighted by atomic mass is 16.1. The van der Waals surface area contributed by atoms with Gasteiger partial charge >= 0.3 is 0 Å². The fourth-order valence-electron chi connectivity index (χ4n) is 2.40. The molecule has 4 heteroatoms. The van der Waals surface area contributed by atoms with Gasteiger partial charge < -0.3 is 5.32 Å². The zero-order valence-electron chi connectivity index (χ0n) is 14.1. The van der Waals surface area contributed by atoms with E-state index < -0.39 is 0 Å². The minimum atomic E-state index is -0.00953. The van der Waals surface area contributed by atoms with Gasteiger partial charge in [0, 0.05) is 30.3 Å². The van der Waals surface area contributed by atoms with E-state index in [1.165, 1.54) is 11.1 Å². The number of aryl methyl sites for hydroxylation is 3. The van der Waals surface area contributed by atoms with E-state index in [0.29, 0.717) is 19.1 Å². The van der Waals surface area contributed by atoms with Crippen LogP contribution in [0.25, 0.3) is 11.3 Å². The molecule has 0 spiro atoms. The van der Waals surface area contributed by atoms with Gasteiger partial charge in [-0.1, -0.05) is 31.5 Å². The van der Waals surface area contributed by atoms with Crippen LogP contribution in [-0.4, -0.2) is 15.8 Å². The zero-order chi connectivity index (χ0) is 16.3. The standard InChI is InChI=1S/C18H25N3O/c1-6-21-18(22)15(11-19-12(2)3)10-17(20-21)16-9-13(4)7-8-14(16)5/h7-10,12,19H,6,11H2,1-5H3. The molecule has 0 saturated carbocycles. The lowest BCUT2D eigenvalue weighted by molar-refractivity contribution is 0.564. The second-order valence-electron chi connectivity index (χ2n) is 6.03. The number of rotatable bonds is 5. The molecule has 1 heterocycles. The molecule has 0 fully saturated rings. The molecule has 0 aliphatic heterocycles. The third-order valence-corrected chi connectivity index (χ3v) is 3.72. The Hall–Kier alpha value is -1.94. The smallest absolute Gasteiger partial charge is 0.271 e. The van der Waals surface area contributed by atoms with Crippen LogP contribution in [0.1, 0.15) is 37.5 Å². The summed E-state index contributed by atoms with van der Waals surface area (Å²) in [6.45, 7) is 11.4. The first-order chi connectivity index (χ1) is 10.4. The summed E-state index contributed by atoms with van der Waals surface area (Å²) in [5, 5.41) is 7.84. The highest BCUT2D eigenvalue weighted by Crippen LogP contribution is 2.22. The number of benzene rings is 1. The zero-order valence-corrected chi connectivity index (χ0v) is 14.1. The Morgan fingerprint density at radius 2 is 1.95 bits per heavy atom. The second kappa shape index (κ2) is 6.88. The van der Waals surface area contributed by atoms with Gasteiger partial charge in [0.05, 0.1) is 5.69 Å². The highest BCUT2D eigenvalue weighted by Gasteiger charge is 2.11. The third-order valence-electron chi connectivity index (χ3n) is 3.72. The Morgan fingerprint density at radius 3 is 2.59 bits per heavy atom. The van der Waals surface area contributed by atoms with Gasteiger partial charge in [0.2, 0.25) is 0 Å². The fourth-order valence-corrected chi connectivity index (χ4v) is 2.40. The van der Waals surface area contributed by atoms with Crippen molar-refractivity contribution >= 4 is 0 Å². The van der Waals surface area contributed by atoms with Crippen LogP contribution < -0.4 is 10.9 Å². The number of nitrogens with one attached hydrogen (secondary N) is 1. The lowest BCUT2D eigenvalue weighted by atomic mass is 10.0. The number of hydrogen-bond donors (Lipinski definition) is 1. The topological polar surface area (TPSA) is 46.9 Å². The first-order valence-electron chi connectivity index (χ1n) is 7.84. The van der Waals surface area contributed by atoms with Crippen LogP contribution in [0.4, 0.5) is 0 Å². The van der Waals surface area contributed by atoms with E-state index in [-0.39, 0.29) is 5.56 Å². The van der Waals surface area contributed by atoms with Crippen molar-refractivity contribution < 1.29 is 0 Å². The van der Waals surface area contributed by atoms with E-state index in [2.05, 4.69) is 56.3 Å². The molecule has 0 radical (unpaired) electrons. The molecular weight excluding hydrogens is 274 g/mol. The van der Waals surface area contributed by atoms with Gasteiger partial charge in [-0.2, -0.15) is 5.10 Å². The number of nitrogens with zero attached hydrogens (tertiary/aromatic N) is 2. The summed E-state index contributed by atoms with van der Waals surface area (Å²) in [5.41, 5.74) is 5.07. The van der Waals surface area contributed by atoms with Crippen LogP contribution in [0.3, 0.4) is 0 Å². The van der Waals surface area contributed by atoms with Crippen LogP contribution in [0.5, 0.6) is 0 Å². The molecule has 0 saturated heterocycles. The lowest BCUT2D eigenvalue weighted by Crippen LogP contribution is -2.31. The molecule has 1 aromatic heterocycles. The average Bonchev–Trinajstić information content (AvgIpc) is 2.48.